The second-order valence-corrected chi connectivity index (χ2v) is 6.89. The maximum atomic E-state index is 12.7. The number of carbonyl (C=O) groups excluding carboxylic acids is 1. The normalized spacial score (nSPS) is 12.0. The van der Waals surface area contributed by atoms with Crippen LogP contribution in [0.15, 0.2) is 67.1 Å². The third kappa shape index (κ3) is 3.90. The van der Waals surface area contributed by atoms with Crippen LogP contribution in [0.3, 0.4) is 0 Å². The Balaban J connectivity index is 1.48. The average Bonchev–Trinajstić information content (AvgIpc) is 3.39. The monoisotopic (exact) mass is 404 g/mol. The van der Waals surface area contributed by atoms with E-state index in [9.17, 15) is 14.9 Å². The van der Waals surface area contributed by atoms with Crippen molar-refractivity contribution in [2.24, 2.45) is 0 Å². The van der Waals surface area contributed by atoms with Gasteiger partial charge in [0, 0.05) is 12.3 Å². The first-order valence-electron chi connectivity index (χ1n) is 9.54. The molecule has 2 aromatic carbocycles. The summed E-state index contributed by atoms with van der Waals surface area (Å²) in [5, 5.41) is 24.3. The number of benzene rings is 2. The van der Waals surface area contributed by atoms with E-state index in [1.807, 2.05) is 25.1 Å². The standard InChI is InChI=1S/C21H20N6O3/c1-2-19(26-14-17(12-22-26)27(29)30)21(28)23-20-10-11-25(24-20)13-16-8-5-7-15-6-3-4-9-18(15)16/h3-12,14,19H,2,13H2,1H3,(H,23,24,28). The van der Waals surface area contributed by atoms with Crippen molar-refractivity contribution in [3.8, 4) is 0 Å². The molecule has 152 valence electrons. The highest BCUT2D eigenvalue weighted by Crippen LogP contribution is 2.20. The molecule has 0 radical (unpaired) electrons. The summed E-state index contributed by atoms with van der Waals surface area (Å²) in [5.41, 5.74) is 0.977. The maximum absolute atomic E-state index is 12.7. The molecule has 0 aliphatic rings. The first-order chi connectivity index (χ1) is 14.5. The van der Waals surface area contributed by atoms with Crippen LogP contribution in [-0.2, 0) is 11.3 Å². The second-order valence-electron chi connectivity index (χ2n) is 6.89. The van der Waals surface area contributed by atoms with E-state index in [1.54, 1.807) is 16.9 Å². The predicted molar refractivity (Wildman–Crippen MR) is 112 cm³/mol. The van der Waals surface area contributed by atoms with Crippen molar-refractivity contribution in [2.45, 2.75) is 25.9 Å². The quantitative estimate of drug-likeness (QED) is 0.372. The van der Waals surface area contributed by atoms with Crippen LogP contribution in [0.2, 0.25) is 0 Å². The number of hydrogen-bond donors (Lipinski definition) is 1. The summed E-state index contributed by atoms with van der Waals surface area (Å²) in [6.45, 7) is 2.39. The van der Waals surface area contributed by atoms with E-state index < -0.39 is 11.0 Å². The van der Waals surface area contributed by atoms with Gasteiger partial charge in [-0.3, -0.25) is 24.3 Å². The lowest BCUT2D eigenvalue weighted by atomic mass is 10.0. The van der Waals surface area contributed by atoms with E-state index in [4.69, 9.17) is 0 Å². The zero-order valence-electron chi connectivity index (χ0n) is 16.3. The highest BCUT2D eigenvalue weighted by Gasteiger charge is 2.22. The molecule has 9 nitrogen and oxygen atoms in total. The van der Waals surface area contributed by atoms with Gasteiger partial charge < -0.3 is 5.32 Å². The molecule has 1 atom stereocenters. The summed E-state index contributed by atoms with van der Waals surface area (Å²) in [4.78, 5) is 23.0. The van der Waals surface area contributed by atoms with Crippen LogP contribution in [0.4, 0.5) is 11.5 Å². The highest BCUT2D eigenvalue weighted by atomic mass is 16.6. The molecule has 0 saturated heterocycles. The van der Waals surface area contributed by atoms with E-state index in [0.29, 0.717) is 18.8 Å². The van der Waals surface area contributed by atoms with Crippen molar-refractivity contribution in [1.82, 2.24) is 19.6 Å². The Morgan fingerprint density at radius 2 is 2.00 bits per heavy atom. The minimum atomic E-state index is -0.665. The van der Waals surface area contributed by atoms with Gasteiger partial charge in [0.05, 0.1) is 11.5 Å². The van der Waals surface area contributed by atoms with Gasteiger partial charge in [-0.15, -0.1) is 0 Å². The fraction of sp³-hybridized carbons (Fsp3) is 0.190. The third-order valence-electron chi connectivity index (χ3n) is 4.91. The third-order valence-corrected chi connectivity index (χ3v) is 4.91. The molecule has 2 aromatic heterocycles. The SMILES string of the molecule is CCC(C(=O)Nc1ccn(Cc2cccc3ccccc23)n1)n1cc([N+](=O)[O-])cn1. The first kappa shape index (κ1) is 19.3. The number of nitro groups is 1. The number of hydrogen-bond acceptors (Lipinski definition) is 5. The molecule has 1 unspecified atom stereocenters. The Hall–Kier alpha value is -4.01. The van der Waals surface area contributed by atoms with Crippen LogP contribution >= 0.6 is 0 Å². The molecule has 0 fully saturated rings. The first-order valence-corrected chi connectivity index (χ1v) is 9.54. The molecule has 0 aliphatic carbocycles. The Bertz CT molecular complexity index is 1210. The Labute approximate surface area is 172 Å². The Morgan fingerprint density at radius 1 is 1.20 bits per heavy atom. The van der Waals surface area contributed by atoms with Crippen LogP contribution in [0.1, 0.15) is 24.9 Å². The molecular weight excluding hydrogens is 384 g/mol. The number of nitrogens with one attached hydrogen (secondary N) is 1. The summed E-state index contributed by atoms with van der Waals surface area (Å²) in [6.07, 6.45) is 4.63. The summed E-state index contributed by atoms with van der Waals surface area (Å²) in [7, 11) is 0. The number of aromatic nitrogens is 4. The maximum Gasteiger partial charge on any atom is 0.307 e. The molecule has 0 saturated carbocycles. The molecule has 0 aliphatic heterocycles. The minimum absolute atomic E-state index is 0.152. The number of anilines is 1. The lowest BCUT2D eigenvalue weighted by molar-refractivity contribution is -0.385. The van der Waals surface area contributed by atoms with Gasteiger partial charge in [0.25, 0.3) is 0 Å². The van der Waals surface area contributed by atoms with E-state index >= 15 is 0 Å². The summed E-state index contributed by atoms with van der Waals surface area (Å²) >= 11 is 0. The lowest BCUT2D eigenvalue weighted by Crippen LogP contribution is -2.26. The summed E-state index contributed by atoms with van der Waals surface area (Å²) in [5.74, 6) is 0.0891. The van der Waals surface area contributed by atoms with Crippen LogP contribution in [-0.4, -0.2) is 30.4 Å². The molecule has 2 heterocycles. The van der Waals surface area contributed by atoms with Crippen molar-refractivity contribution in [2.75, 3.05) is 5.32 Å². The molecular formula is C21H20N6O3. The molecule has 0 bridgehead atoms. The van der Waals surface area contributed by atoms with Gasteiger partial charge >= 0.3 is 5.69 Å². The molecule has 1 N–H and O–H groups in total. The van der Waals surface area contributed by atoms with Gasteiger partial charge in [0.1, 0.15) is 18.4 Å². The number of fused-ring (bicyclic) bond motifs is 1. The van der Waals surface area contributed by atoms with Gasteiger partial charge in [0.15, 0.2) is 5.82 Å². The van der Waals surface area contributed by atoms with E-state index in [2.05, 4.69) is 39.8 Å². The van der Waals surface area contributed by atoms with E-state index in [-0.39, 0.29) is 11.6 Å². The Kier molecular flexibility index (Phi) is 5.25. The fourth-order valence-corrected chi connectivity index (χ4v) is 3.42. The van der Waals surface area contributed by atoms with Crippen molar-refractivity contribution in [1.29, 1.82) is 0 Å². The number of nitrogens with zero attached hydrogens (tertiary/aromatic N) is 5. The fourth-order valence-electron chi connectivity index (χ4n) is 3.42. The van der Waals surface area contributed by atoms with Crippen molar-refractivity contribution in [3.63, 3.8) is 0 Å². The van der Waals surface area contributed by atoms with E-state index in [0.717, 1.165) is 22.5 Å². The number of carbonyl (C=O) groups is 1. The minimum Gasteiger partial charge on any atom is -0.307 e. The Morgan fingerprint density at radius 3 is 2.77 bits per heavy atom. The molecule has 30 heavy (non-hydrogen) atoms. The van der Waals surface area contributed by atoms with Crippen LogP contribution in [0, 0.1) is 10.1 Å². The van der Waals surface area contributed by atoms with Gasteiger partial charge in [-0.05, 0) is 22.8 Å². The van der Waals surface area contributed by atoms with Gasteiger partial charge in [-0.2, -0.15) is 10.2 Å². The summed E-state index contributed by atoms with van der Waals surface area (Å²) < 4.78 is 3.07. The molecule has 0 spiro atoms. The average molecular weight is 404 g/mol. The molecule has 9 heteroatoms. The number of rotatable bonds is 7. The van der Waals surface area contributed by atoms with Crippen LogP contribution in [0.25, 0.3) is 10.8 Å². The second kappa shape index (κ2) is 8.16. The summed E-state index contributed by atoms with van der Waals surface area (Å²) in [6, 6.07) is 15.3. The van der Waals surface area contributed by atoms with Gasteiger partial charge in [0.2, 0.25) is 5.91 Å². The van der Waals surface area contributed by atoms with Crippen molar-refractivity contribution in [3.05, 3.63) is 82.8 Å². The van der Waals surface area contributed by atoms with Crippen LogP contribution in [0.5, 0.6) is 0 Å². The lowest BCUT2D eigenvalue weighted by Gasteiger charge is -2.14. The van der Waals surface area contributed by atoms with Gasteiger partial charge in [-0.1, -0.05) is 49.4 Å². The predicted octanol–water partition coefficient (Wildman–Crippen LogP) is 3.78. The van der Waals surface area contributed by atoms with Crippen molar-refractivity contribution >= 4 is 28.2 Å². The van der Waals surface area contributed by atoms with Crippen LogP contribution < -0.4 is 5.32 Å². The smallest absolute Gasteiger partial charge is 0.307 e. The van der Waals surface area contributed by atoms with Gasteiger partial charge in [-0.25, -0.2) is 0 Å². The topological polar surface area (TPSA) is 108 Å². The number of amides is 1. The molecule has 4 aromatic rings. The zero-order chi connectivity index (χ0) is 21.1. The zero-order valence-corrected chi connectivity index (χ0v) is 16.3. The molecule has 4 rings (SSSR count). The molecule has 1 amide bonds. The highest BCUT2D eigenvalue weighted by molar-refractivity contribution is 5.92. The van der Waals surface area contributed by atoms with Crippen molar-refractivity contribution < 1.29 is 9.72 Å². The largest absolute Gasteiger partial charge is 0.307 e. The van der Waals surface area contributed by atoms with E-state index in [1.165, 1.54) is 10.9 Å².